The van der Waals surface area contributed by atoms with E-state index in [1.54, 1.807) is 35.2 Å². The number of nitrogens with one attached hydrogen (secondary N) is 2. The van der Waals surface area contributed by atoms with Gasteiger partial charge in [0, 0.05) is 51.7 Å². The largest absolute Gasteiger partial charge is 0.497 e. The first kappa shape index (κ1) is 32.4. The summed E-state index contributed by atoms with van der Waals surface area (Å²) in [7, 11) is 6.28. The lowest BCUT2D eigenvalue weighted by atomic mass is 9.92. The standard InChI is InChI=1S/C30H38ClFN6O4/c1-30(2,3)12-13-35-28(33)38(27(39)21-10-9-20(41-7)17-24(21)32)25(18-42-29(40)36(4)5)19-8-11-23(31)22(16-19)26-34-14-15-37(26)6/h8-11,14-17,25H,12-13,18H2,1-7H3,(H2,33,35)/t25-/m1/s1. The van der Waals surface area contributed by atoms with E-state index in [0.29, 0.717) is 34.9 Å². The molecule has 0 radical (unpaired) electrons. The lowest BCUT2D eigenvalue weighted by molar-refractivity contribution is 0.0649. The Morgan fingerprint density at radius 3 is 2.48 bits per heavy atom. The third kappa shape index (κ3) is 8.00. The zero-order valence-corrected chi connectivity index (χ0v) is 25.8. The molecule has 2 N–H and O–H groups in total. The number of rotatable bonds is 9. The zero-order valence-electron chi connectivity index (χ0n) is 25.0. The minimum absolute atomic E-state index is 0.0436. The predicted octanol–water partition coefficient (Wildman–Crippen LogP) is 5.73. The van der Waals surface area contributed by atoms with Gasteiger partial charge in [-0.3, -0.25) is 15.1 Å². The highest BCUT2D eigenvalue weighted by molar-refractivity contribution is 6.33. The van der Waals surface area contributed by atoms with E-state index in [-0.39, 0.29) is 29.3 Å². The highest BCUT2D eigenvalue weighted by Crippen LogP contribution is 2.33. The van der Waals surface area contributed by atoms with Crippen LogP contribution in [0.3, 0.4) is 0 Å². The molecule has 0 unspecified atom stereocenters. The maximum absolute atomic E-state index is 15.2. The zero-order chi connectivity index (χ0) is 31.2. The average molecular weight is 601 g/mol. The Balaban J connectivity index is 2.15. The van der Waals surface area contributed by atoms with Gasteiger partial charge in [-0.2, -0.15) is 0 Å². The van der Waals surface area contributed by atoms with Gasteiger partial charge in [-0.25, -0.2) is 14.2 Å². The van der Waals surface area contributed by atoms with Crippen molar-refractivity contribution in [1.29, 1.82) is 5.41 Å². The Morgan fingerprint density at radius 2 is 1.90 bits per heavy atom. The van der Waals surface area contributed by atoms with E-state index in [0.717, 1.165) is 11.0 Å². The second-order valence-corrected chi connectivity index (χ2v) is 11.6. The molecule has 0 aliphatic heterocycles. The molecule has 1 aromatic heterocycles. The molecule has 2 aromatic carbocycles. The Bertz CT molecular complexity index is 1440. The maximum atomic E-state index is 15.2. The smallest absolute Gasteiger partial charge is 0.409 e. The minimum Gasteiger partial charge on any atom is -0.497 e. The lowest BCUT2D eigenvalue weighted by Gasteiger charge is -2.33. The van der Waals surface area contributed by atoms with Gasteiger partial charge in [-0.1, -0.05) is 38.4 Å². The van der Waals surface area contributed by atoms with Crippen molar-refractivity contribution in [3.63, 3.8) is 0 Å². The van der Waals surface area contributed by atoms with Crippen LogP contribution >= 0.6 is 11.6 Å². The highest BCUT2D eigenvalue weighted by atomic mass is 35.5. The Labute approximate surface area is 250 Å². The summed E-state index contributed by atoms with van der Waals surface area (Å²) < 4.78 is 27.6. The number of aromatic nitrogens is 2. The maximum Gasteiger partial charge on any atom is 0.409 e. The summed E-state index contributed by atoms with van der Waals surface area (Å²) in [5.74, 6) is -1.09. The topological polar surface area (TPSA) is 113 Å². The molecular formula is C30H38ClFN6O4. The number of carbonyl (C=O) groups excluding carboxylic acids is 2. The summed E-state index contributed by atoms with van der Waals surface area (Å²) >= 11 is 6.55. The van der Waals surface area contributed by atoms with Gasteiger partial charge in [-0.15, -0.1) is 0 Å². The Kier molecular flexibility index (Phi) is 10.6. The number of nitrogens with zero attached hydrogens (tertiary/aromatic N) is 4. The normalized spacial score (nSPS) is 11.9. The van der Waals surface area contributed by atoms with Crippen LogP contribution in [0.15, 0.2) is 48.8 Å². The quantitative estimate of drug-likeness (QED) is 0.240. The molecule has 0 spiro atoms. The van der Waals surface area contributed by atoms with Crippen LogP contribution in [-0.2, 0) is 11.8 Å². The van der Waals surface area contributed by atoms with Gasteiger partial charge in [0.15, 0.2) is 5.96 Å². The number of methoxy groups -OCH3 is 1. The molecule has 0 saturated heterocycles. The molecule has 12 heteroatoms. The first-order valence-electron chi connectivity index (χ1n) is 13.3. The summed E-state index contributed by atoms with van der Waals surface area (Å²) in [6.07, 6.45) is 3.45. The van der Waals surface area contributed by atoms with Gasteiger partial charge < -0.3 is 24.3 Å². The van der Waals surface area contributed by atoms with Crippen molar-refractivity contribution in [2.45, 2.75) is 33.2 Å². The molecule has 0 aliphatic rings. The monoisotopic (exact) mass is 600 g/mol. The fraction of sp³-hybridized carbons (Fsp3) is 0.400. The molecule has 0 fully saturated rings. The predicted molar refractivity (Wildman–Crippen MR) is 160 cm³/mol. The number of halogens is 2. The third-order valence-electron chi connectivity index (χ3n) is 6.51. The Hall–Kier alpha value is -4.12. The van der Waals surface area contributed by atoms with E-state index < -0.39 is 23.9 Å². The number of hydrogen-bond acceptors (Lipinski definition) is 6. The molecule has 10 nitrogen and oxygen atoms in total. The summed E-state index contributed by atoms with van der Waals surface area (Å²) in [6, 6.07) is 7.89. The van der Waals surface area contributed by atoms with Crippen molar-refractivity contribution >= 4 is 29.6 Å². The van der Waals surface area contributed by atoms with Crippen molar-refractivity contribution in [3.05, 3.63) is 70.8 Å². The van der Waals surface area contributed by atoms with Gasteiger partial charge in [-0.05, 0) is 41.7 Å². The average Bonchev–Trinajstić information content (AvgIpc) is 3.35. The lowest BCUT2D eigenvalue weighted by Crippen LogP contribution is -2.48. The minimum atomic E-state index is -1.03. The van der Waals surface area contributed by atoms with E-state index in [4.69, 9.17) is 26.5 Å². The van der Waals surface area contributed by atoms with Crippen molar-refractivity contribution in [1.82, 2.24) is 24.7 Å². The van der Waals surface area contributed by atoms with Gasteiger partial charge >= 0.3 is 6.09 Å². The second-order valence-electron chi connectivity index (χ2n) is 11.2. The van der Waals surface area contributed by atoms with E-state index in [1.807, 2.05) is 7.05 Å². The fourth-order valence-electron chi connectivity index (χ4n) is 4.11. The van der Waals surface area contributed by atoms with Crippen molar-refractivity contribution in [2.75, 3.05) is 34.4 Å². The number of guanidine groups is 1. The van der Waals surface area contributed by atoms with E-state index in [1.165, 1.54) is 38.2 Å². The summed E-state index contributed by atoms with van der Waals surface area (Å²) in [4.78, 5) is 33.3. The molecule has 0 bridgehead atoms. The van der Waals surface area contributed by atoms with Crippen LogP contribution in [0.1, 0.15) is 49.2 Å². The van der Waals surface area contributed by atoms with Crippen molar-refractivity contribution in [3.8, 4) is 17.1 Å². The molecule has 3 aromatic rings. The van der Waals surface area contributed by atoms with Crippen LogP contribution in [0.25, 0.3) is 11.4 Å². The van der Waals surface area contributed by atoms with Crippen LogP contribution in [0.5, 0.6) is 5.75 Å². The molecule has 0 aliphatic carbocycles. The highest BCUT2D eigenvalue weighted by Gasteiger charge is 2.33. The molecule has 2 amide bonds. The van der Waals surface area contributed by atoms with Gasteiger partial charge in [0.1, 0.15) is 24.0 Å². The van der Waals surface area contributed by atoms with Crippen molar-refractivity contribution in [2.24, 2.45) is 12.5 Å². The van der Waals surface area contributed by atoms with Gasteiger partial charge in [0.05, 0.1) is 23.7 Å². The number of amides is 2. The molecule has 3 rings (SSSR count). The summed E-state index contributed by atoms with van der Waals surface area (Å²) in [5.41, 5.74) is 0.743. The number of aryl methyl sites for hydroxylation is 1. The van der Waals surface area contributed by atoms with E-state index in [2.05, 4.69) is 31.1 Å². The van der Waals surface area contributed by atoms with Crippen LogP contribution in [0.4, 0.5) is 9.18 Å². The molecule has 1 heterocycles. The van der Waals surface area contributed by atoms with Crippen LogP contribution in [0.2, 0.25) is 5.02 Å². The van der Waals surface area contributed by atoms with Gasteiger partial charge in [0.2, 0.25) is 0 Å². The first-order chi connectivity index (χ1) is 19.7. The number of imidazole rings is 1. The molecule has 42 heavy (non-hydrogen) atoms. The van der Waals surface area contributed by atoms with E-state index >= 15 is 4.39 Å². The first-order valence-corrected chi connectivity index (χ1v) is 13.7. The summed E-state index contributed by atoms with van der Waals surface area (Å²) in [5, 5.41) is 12.4. The second kappa shape index (κ2) is 13.7. The molecule has 1 atom stereocenters. The molecule has 0 saturated carbocycles. The van der Waals surface area contributed by atoms with E-state index in [9.17, 15) is 9.59 Å². The third-order valence-corrected chi connectivity index (χ3v) is 6.84. The number of carbonyl (C=O) groups is 2. The Morgan fingerprint density at radius 1 is 1.19 bits per heavy atom. The number of hydrogen-bond donors (Lipinski definition) is 2. The van der Waals surface area contributed by atoms with Crippen molar-refractivity contribution < 1.29 is 23.5 Å². The molecule has 226 valence electrons. The SMILES string of the molecule is COc1ccc(C(=O)N(C(=N)NCCC(C)(C)C)[C@H](COC(=O)N(C)C)c2ccc(Cl)c(-c3nccn3C)c2)c(F)c1. The molecular weight excluding hydrogens is 563 g/mol. The number of benzene rings is 2. The van der Waals surface area contributed by atoms with Crippen LogP contribution < -0.4 is 10.1 Å². The van der Waals surface area contributed by atoms with Crippen LogP contribution in [0, 0.1) is 16.6 Å². The van der Waals surface area contributed by atoms with Crippen LogP contribution in [-0.4, -0.2) is 71.7 Å². The fourth-order valence-corrected chi connectivity index (χ4v) is 4.31. The number of ether oxygens (including phenoxy) is 2. The van der Waals surface area contributed by atoms with Gasteiger partial charge in [0.25, 0.3) is 5.91 Å². The summed E-state index contributed by atoms with van der Waals surface area (Å²) in [6.45, 7) is 6.23.